The first-order valence-corrected chi connectivity index (χ1v) is 9.10. The molecule has 0 fully saturated rings. The van der Waals surface area contributed by atoms with Crippen molar-refractivity contribution in [3.05, 3.63) is 17.5 Å². The molecule has 0 unspecified atom stereocenters. The summed E-state index contributed by atoms with van der Waals surface area (Å²) in [5.41, 5.74) is 2.31. The van der Waals surface area contributed by atoms with Gasteiger partial charge in [0.25, 0.3) is 0 Å². The van der Waals surface area contributed by atoms with E-state index in [1.165, 1.54) is 12.1 Å². The van der Waals surface area contributed by atoms with Crippen LogP contribution in [0, 0.1) is 13.8 Å². The molecular formula is C18H37IN6. The Morgan fingerprint density at radius 3 is 2.36 bits per heavy atom. The van der Waals surface area contributed by atoms with E-state index in [1.54, 1.807) is 0 Å². The van der Waals surface area contributed by atoms with E-state index in [1.807, 2.05) is 14.0 Å². The summed E-state index contributed by atoms with van der Waals surface area (Å²) >= 11 is 0. The van der Waals surface area contributed by atoms with Gasteiger partial charge in [-0.1, -0.05) is 0 Å². The summed E-state index contributed by atoms with van der Waals surface area (Å²) in [6, 6.07) is 2.74. The maximum atomic E-state index is 4.48. The number of aliphatic imine (C=N–C) groups is 1. The van der Waals surface area contributed by atoms with Crippen LogP contribution in [0.5, 0.6) is 0 Å². The molecule has 0 bridgehead atoms. The molecular weight excluding hydrogens is 427 g/mol. The summed E-state index contributed by atoms with van der Waals surface area (Å²) in [6.07, 6.45) is 3.39. The van der Waals surface area contributed by atoms with Crippen LogP contribution in [0.15, 0.2) is 11.1 Å². The van der Waals surface area contributed by atoms with E-state index in [9.17, 15) is 0 Å². The van der Waals surface area contributed by atoms with Crippen molar-refractivity contribution in [3.8, 4) is 0 Å². The fraction of sp³-hybridized carbons (Fsp3) is 0.778. The molecule has 146 valence electrons. The van der Waals surface area contributed by atoms with Gasteiger partial charge in [0, 0.05) is 38.4 Å². The molecule has 0 aromatic carbocycles. The minimum absolute atomic E-state index is 0. The molecule has 1 aromatic rings. The van der Waals surface area contributed by atoms with Gasteiger partial charge in [0.2, 0.25) is 0 Å². The van der Waals surface area contributed by atoms with E-state index in [4.69, 9.17) is 0 Å². The van der Waals surface area contributed by atoms with Crippen LogP contribution >= 0.6 is 24.0 Å². The molecule has 0 aliphatic heterocycles. The van der Waals surface area contributed by atoms with E-state index >= 15 is 0 Å². The lowest BCUT2D eigenvalue weighted by molar-refractivity contribution is 0.268. The van der Waals surface area contributed by atoms with Gasteiger partial charge in [-0.05, 0) is 66.6 Å². The fourth-order valence-electron chi connectivity index (χ4n) is 2.51. The average Bonchev–Trinajstić information content (AvgIpc) is 2.86. The Bertz CT molecular complexity index is 498. The van der Waals surface area contributed by atoms with Gasteiger partial charge in [-0.25, -0.2) is 0 Å². The molecule has 1 heterocycles. The van der Waals surface area contributed by atoms with Crippen molar-refractivity contribution in [1.82, 2.24) is 25.3 Å². The van der Waals surface area contributed by atoms with Crippen LogP contribution in [-0.2, 0) is 6.54 Å². The Hall–Kier alpha value is -0.830. The number of guanidine groups is 1. The average molecular weight is 464 g/mol. The van der Waals surface area contributed by atoms with Gasteiger partial charge >= 0.3 is 0 Å². The molecule has 7 heteroatoms. The lowest BCUT2D eigenvalue weighted by Crippen LogP contribution is -2.38. The fourth-order valence-corrected chi connectivity index (χ4v) is 2.51. The van der Waals surface area contributed by atoms with Crippen LogP contribution in [0.4, 0.5) is 0 Å². The third-order valence-electron chi connectivity index (χ3n) is 4.28. The van der Waals surface area contributed by atoms with Gasteiger partial charge in [-0.2, -0.15) is 5.10 Å². The maximum absolute atomic E-state index is 4.48. The second-order valence-corrected chi connectivity index (χ2v) is 6.71. The zero-order valence-corrected chi connectivity index (χ0v) is 19.1. The van der Waals surface area contributed by atoms with E-state index in [0.717, 1.165) is 50.7 Å². The van der Waals surface area contributed by atoms with Crippen molar-refractivity contribution in [1.29, 1.82) is 0 Å². The second-order valence-electron chi connectivity index (χ2n) is 6.71. The van der Waals surface area contributed by atoms with E-state index in [0.29, 0.717) is 6.04 Å². The van der Waals surface area contributed by atoms with E-state index in [2.05, 4.69) is 64.2 Å². The molecule has 0 aliphatic rings. The Kier molecular flexibility index (Phi) is 12.9. The highest BCUT2D eigenvalue weighted by Crippen LogP contribution is 2.02. The molecule has 0 spiro atoms. The van der Waals surface area contributed by atoms with E-state index < -0.39 is 0 Å². The Morgan fingerprint density at radius 2 is 1.84 bits per heavy atom. The second kappa shape index (κ2) is 13.4. The number of halogens is 1. The number of aryl methyl sites for hydroxylation is 3. The first-order chi connectivity index (χ1) is 11.4. The van der Waals surface area contributed by atoms with Gasteiger partial charge < -0.3 is 15.5 Å². The SMILES string of the molecule is CN=C(NCCCCN(C)C(C)C)NCCCn1nc(C)cc1C.I. The summed E-state index contributed by atoms with van der Waals surface area (Å²) in [5, 5.41) is 11.2. The van der Waals surface area contributed by atoms with E-state index in [-0.39, 0.29) is 24.0 Å². The molecule has 25 heavy (non-hydrogen) atoms. The Balaban J connectivity index is 0.00000576. The van der Waals surface area contributed by atoms with Crippen molar-refractivity contribution in [2.45, 2.75) is 59.5 Å². The maximum Gasteiger partial charge on any atom is 0.190 e. The smallest absolute Gasteiger partial charge is 0.190 e. The van der Waals surface area contributed by atoms with Crippen LogP contribution in [0.25, 0.3) is 0 Å². The van der Waals surface area contributed by atoms with Crippen molar-refractivity contribution < 1.29 is 0 Å². The number of nitrogens with zero attached hydrogens (tertiary/aromatic N) is 4. The monoisotopic (exact) mass is 464 g/mol. The van der Waals surface area contributed by atoms with Crippen molar-refractivity contribution in [2.24, 2.45) is 4.99 Å². The molecule has 0 saturated heterocycles. The zero-order chi connectivity index (χ0) is 17.9. The number of nitrogens with one attached hydrogen (secondary N) is 2. The predicted octanol–water partition coefficient (Wildman–Crippen LogP) is 2.79. The standard InChI is InChI=1S/C18H36N6.HI/c1-15(2)23(6)12-8-7-10-20-18(19-5)21-11-9-13-24-17(4)14-16(3)22-24;/h14-15H,7-13H2,1-6H3,(H2,19,20,21);1H. The van der Waals surface area contributed by atoms with Crippen LogP contribution in [0.2, 0.25) is 0 Å². The lowest BCUT2D eigenvalue weighted by atomic mass is 10.2. The molecule has 0 aliphatic carbocycles. The van der Waals surface area contributed by atoms with Crippen LogP contribution in [0.3, 0.4) is 0 Å². The number of aromatic nitrogens is 2. The summed E-state index contributed by atoms with van der Waals surface area (Å²) in [6.45, 7) is 12.5. The summed E-state index contributed by atoms with van der Waals surface area (Å²) in [4.78, 5) is 6.66. The van der Waals surface area contributed by atoms with Crippen LogP contribution < -0.4 is 10.6 Å². The zero-order valence-electron chi connectivity index (χ0n) is 16.8. The number of unbranched alkanes of at least 4 members (excludes halogenated alkanes) is 1. The highest BCUT2D eigenvalue weighted by Gasteiger charge is 2.03. The van der Waals surface area contributed by atoms with Gasteiger partial charge in [0.05, 0.1) is 5.69 Å². The Morgan fingerprint density at radius 1 is 1.20 bits per heavy atom. The molecule has 0 amide bonds. The van der Waals surface area contributed by atoms with Gasteiger partial charge in [-0.15, -0.1) is 24.0 Å². The summed E-state index contributed by atoms with van der Waals surface area (Å²) < 4.78 is 2.07. The van der Waals surface area contributed by atoms with Crippen molar-refractivity contribution in [3.63, 3.8) is 0 Å². The molecule has 2 N–H and O–H groups in total. The van der Waals surface area contributed by atoms with Crippen LogP contribution in [0.1, 0.15) is 44.5 Å². The molecule has 0 atom stereocenters. The van der Waals surface area contributed by atoms with Crippen molar-refractivity contribution in [2.75, 3.05) is 33.7 Å². The normalized spacial score (nSPS) is 11.8. The van der Waals surface area contributed by atoms with Crippen LogP contribution in [-0.4, -0.2) is 60.4 Å². The summed E-state index contributed by atoms with van der Waals surface area (Å²) in [7, 11) is 4.00. The largest absolute Gasteiger partial charge is 0.356 e. The molecule has 1 rings (SSSR count). The predicted molar refractivity (Wildman–Crippen MR) is 118 cm³/mol. The first-order valence-electron chi connectivity index (χ1n) is 9.10. The Labute approximate surface area is 170 Å². The molecule has 0 radical (unpaired) electrons. The molecule has 0 saturated carbocycles. The minimum atomic E-state index is 0. The highest BCUT2D eigenvalue weighted by atomic mass is 127. The minimum Gasteiger partial charge on any atom is -0.356 e. The number of rotatable bonds is 10. The molecule has 6 nitrogen and oxygen atoms in total. The van der Waals surface area contributed by atoms with Gasteiger partial charge in [-0.3, -0.25) is 9.67 Å². The molecule has 1 aromatic heterocycles. The third kappa shape index (κ3) is 10.0. The number of hydrogen-bond donors (Lipinski definition) is 2. The third-order valence-corrected chi connectivity index (χ3v) is 4.28. The quantitative estimate of drug-likeness (QED) is 0.242. The van der Waals surface area contributed by atoms with Gasteiger partial charge in [0.15, 0.2) is 5.96 Å². The topological polar surface area (TPSA) is 57.5 Å². The van der Waals surface area contributed by atoms with Crippen molar-refractivity contribution >= 4 is 29.9 Å². The first kappa shape index (κ1) is 24.2. The number of hydrogen-bond acceptors (Lipinski definition) is 3. The lowest BCUT2D eigenvalue weighted by Gasteiger charge is -2.20. The highest BCUT2D eigenvalue weighted by molar-refractivity contribution is 14.0. The summed E-state index contributed by atoms with van der Waals surface area (Å²) in [5.74, 6) is 0.889. The van der Waals surface area contributed by atoms with Gasteiger partial charge in [0.1, 0.15) is 0 Å².